The third-order valence-corrected chi connectivity index (χ3v) is 1.46. The smallest absolute Gasteiger partial charge is 0.305 e. The Morgan fingerprint density at radius 1 is 1.75 bits per heavy atom. The van der Waals surface area contributed by atoms with Crippen LogP contribution in [0.1, 0.15) is 12.1 Å². The predicted octanol–water partition coefficient (Wildman–Crippen LogP) is -0.0793. The van der Waals surface area contributed by atoms with Crippen LogP contribution in [0, 0.1) is 0 Å². The van der Waals surface area contributed by atoms with Gasteiger partial charge in [0.25, 0.3) is 0 Å². The first kappa shape index (κ1) is 8.70. The Morgan fingerprint density at radius 2 is 2.50 bits per heavy atom. The summed E-state index contributed by atoms with van der Waals surface area (Å²) < 4.78 is 6.09. The van der Waals surface area contributed by atoms with Gasteiger partial charge in [-0.15, -0.1) is 5.10 Å². The molecule has 1 aromatic heterocycles. The Labute approximate surface area is 70.3 Å². The van der Waals surface area contributed by atoms with Gasteiger partial charge in [-0.05, 0) is 0 Å². The van der Waals surface area contributed by atoms with Crippen molar-refractivity contribution in [3.05, 3.63) is 11.9 Å². The summed E-state index contributed by atoms with van der Waals surface area (Å²) in [7, 11) is 3.16. The zero-order valence-corrected chi connectivity index (χ0v) is 7.15. The lowest BCUT2D eigenvalue weighted by Gasteiger charge is -1.94. The van der Waals surface area contributed by atoms with E-state index < -0.39 is 0 Å². The molecule has 0 saturated heterocycles. The lowest BCUT2D eigenvalue weighted by Crippen LogP contribution is -2.01. The van der Waals surface area contributed by atoms with Crippen LogP contribution in [0.4, 0.5) is 0 Å². The molecule has 1 heterocycles. The van der Waals surface area contributed by atoms with Gasteiger partial charge >= 0.3 is 5.97 Å². The summed E-state index contributed by atoms with van der Waals surface area (Å²) in [6.07, 6.45) is 2.72. The SMILES string of the molecule is COC(=O)CCc1cn(C)nn1. The van der Waals surface area contributed by atoms with E-state index in [2.05, 4.69) is 15.0 Å². The van der Waals surface area contributed by atoms with Crippen molar-refractivity contribution >= 4 is 5.97 Å². The number of esters is 1. The van der Waals surface area contributed by atoms with Gasteiger partial charge in [-0.3, -0.25) is 9.48 Å². The Hall–Kier alpha value is -1.39. The molecule has 0 N–H and O–H groups in total. The predicted molar refractivity (Wildman–Crippen MR) is 41.3 cm³/mol. The van der Waals surface area contributed by atoms with Crippen molar-refractivity contribution < 1.29 is 9.53 Å². The van der Waals surface area contributed by atoms with Gasteiger partial charge in [0, 0.05) is 19.7 Å². The molecule has 0 radical (unpaired) electrons. The molecule has 0 aliphatic carbocycles. The molecular formula is C7H11N3O2. The number of hydrogen-bond donors (Lipinski definition) is 0. The van der Waals surface area contributed by atoms with Gasteiger partial charge in [0.15, 0.2) is 0 Å². The van der Waals surface area contributed by atoms with Gasteiger partial charge in [0.05, 0.1) is 19.2 Å². The van der Waals surface area contributed by atoms with E-state index >= 15 is 0 Å². The molecule has 1 aromatic rings. The third kappa shape index (κ3) is 2.34. The number of carbonyl (C=O) groups excluding carboxylic acids is 1. The summed E-state index contributed by atoms with van der Waals surface area (Å²) in [6, 6.07) is 0. The van der Waals surface area contributed by atoms with Crippen LogP contribution in [0.3, 0.4) is 0 Å². The molecule has 0 aliphatic rings. The second kappa shape index (κ2) is 3.85. The average Bonchev–Trinajstić information content (AvgIpc) is 2.47. The van der Waals surface area contributed by atoms with Crippen molar-refractivity contribution in [2.24, 2.45) is 7.05 Å². The van der Waals surface area contributed by atoms with Crippen LogP contribution in [-0.2, 0) is 23.0 Å². The highest BCUT2D eigenvalue weighted by molar-refractivity contribution is 5.69. The molecule has 0 saturated carbocycles. The molecule has 5 heteroatoms. The maximum atomic E-state index is 10.7. The Kier molecular flexibility index (Phi) is 2.79. The number of carbonyl (C=O) groups is 1. The van der Waals surface area contributed by atoms with Gasteiger partial charge in [-0.1, -0.05) is 5.21 Å². The molecule has 66 valence electrons. The zero-order chi connectivity index (χ0) is 8.97. The largest absolute Gasteiger partial charge is 0.469 e. The average molecular weight is 169 g/mol. The fourth-order valence-corrected chi connectivity index (χ4v) is 0.842. The maximum absolute atomic E-state index is 10.7. The molecule has 0 aliphatic heterocycles. The van der Waals surface area contributed by atoms with E-state index in [1.807, 2.05) is 0 Å². The zero-order valence-electron chi connectivity index (χ0n) is 7.15. The highest BCUT2D eigenvalue weighted by atomic mass is 16.5. The summed E-state index contributed by atoms with van der Waals surface area (Å²) in [5.41, 5.74) is 0.808. The minimum atomic E-state index is -0.222. The van der Waals surface area contributed by atoms with Crippen LogP contribution in [-0.4, -0.2) is 28.1 Å². The monoisotopic (exact) mass is 169 g/mol. The van der Waals surface area contributed by atoms with E-state index in [9.17, 15) is 4.79 Å². The Balaban J connectivity index is 2.38. The fourth-order valence-electron chi connectivity index (χ4n) is 0.842. The quantitative estimate of drug-likeness (QED) is 0.594. The van der Waals surface area contributed by atoms with Crippen molar-refractivity contribution in [1.82, 2.24) is 15.0 Å². The van der Waals surface area contributed by atoms with Crippen molar-refractivity contribution in [3.8, 4) is 0 Å². The Morgan fingerprint density at radius 3 is 3.00 bits per heavy atom. The minimum absolute atomic E-state index is 0.222. The fraction of sp³-hybridized carbons (Fsp3) is 0.571. The molecule has 12 heavy (non-hydrogen) atoms. The number of hydrogen-bond acceptors (Lipinski definition) is 4. The van der Waals surface area contributed by atoms with Crippen LogP contribution in [0.15, 0.2) is 6.20 Å². The van der Waals surface area contributed by atoms with Gasteiger partial charge in [-0.2, -0.15) is 0 Å². The number of rotatable bonds is 3. The van der Waals surface area contributed by atoms with E-state index in [0.717, 1.165) is 5.69 Å². The van der Waals surface area contributed by atoms with Gasteiger partial charge in [0.1, 0.15) is 0 Å². The molecular weight excluding hydrogens is 158 g/mol. The van der Waals surface area contributed by atoms with Crippen LogP contribution in [0.25, 0.3) is 0 Å². The number of aryl methyl sites for hydroxylation is 2. The topological polar surface area (TPSA) is 57.0 Å². The number of ether oxygens (including phenoxy) is 1. The normalized spacial score (nSPS) is 9.83. The standard InChI is InChI=1S/C7H11N3O2/c1-10-5-6(8-9-10)3-4-7(11)12-2/h5H,3-4H2,1-2H3. The summed E-state index contributed by atoms with van der Waals surface area (Å²) in [4.78, 5) is 10.7. The summed E-state index contributed by atoms with van der Waals surface area (Å²) in [5.74, 6) is -0.222. The van der Waals surface area contributed by atoms with Crippen molar-refractivity contribution in [3.63, 3.8) is 0 Å². The molecule has 1 rings (SSSR count). The van der Waals surface area contributed by atoms with Crippen LogP contribution in [0.2, 0.25) is 0 Å². The molecule has 0 amide bonds. The minimum Gasteiger partial charge on any atom is -0.469 e. The first-order valence-electron chi connectivity index (χ1n) is 3.64. The van der Waals surface area contributed by atoms with E-state index in [1.54, 1.807) is 17.9 Å². The molecule has 0 bridgehead atoms. The Bertz CT molecular complexity index is 269. The van der Waals surface area contributed by atoms with Crippen LogP contribution >= 0.6 is 0 Å². The molecule has 0 spiro atoms. The highest BCUT2D eigenvalue weighted by Gasteiger charge is 2.03. The number of nitrogens with zero attached hydrogens (tertiary/aromatic N) is 3. The first-order valence-corrected chi connectivity index (χ1v) is 3.64. The van der Waals surface area contributed by atoms with Crippen molar-refractivity contribution in [1.29, 1.82) is 0 Å². The van der Waals surface area contributed by atoms with Gasteiger partial charge < -0.3 is 4.74 Å². The molecule has 0 atom stereocenters. The van der Waals surface area contributed by atoms with E-state index in [4.69, 9.17) is 0 Å². The second-order valence-electron chi connectivity index (χ2n) is 2.46. The molecule has 0 aromatic carbocycles. The maximum Gasteiger partial charge on any atom is 0.305 e. The van der Waals surface area contributed by atoms with Crippen molar-refractivity contribution in [2.45, 2.75) is 12.8 Å². The van der Waals surface area contributed by atoms with Crippen LogP contribution in [0.5, 0.6) is 0 Å². The van der Waals surface area contributed by atoms with Gasteiger partial charge in [0.2, 0.25) is 0 Å². The molecule has 0 unspecified atom stereocenters. The van der Waals surface area contributed by atoms with E-state index in [-0.39, 0.29) is 5.97 Å². The first-order chi connectivity index (χ1) is 5.72. The van der Waals surface area contributed by atoms with E-state index in [1.165, 1.54) is 7.11 Å². The third-order valence-electron chi connectivity index (χ3n) is 1.46. The molecule has 0 fully saturated rings. The lowest BCUT2D eigenvalue weighted by atomic mass is 10.2. The van der Waals surface area contributed by atoms with Crippen LogP contribution < -0.4 is 0 Å². The number of methoxy groups -OCH3 is 1. The van der Waals surface area contributed by atoms with Gasteiger partial charge in [-0.25, -0.2) is 0 Å². The van der Waals surface area contributed by atoms with Crippen molar-refractivity contribution in [2.75, 3.05) is 7.11 Å². The summed E-state index contributed by atoms with van der Waals surface area (Å²) in [5, 5.41) is 7.56. The summed E-state index contributed by atoms with van der Waals surface area (Å²) >= 11 is 0. The summed E-state index contributed by atoms with van der Waals surface area (Å²) in [6.45, 7) is 0. The highest BCUT2D eigenvalue weighted by Crippen LogP contribution is 1.97. The van der Waals surface area contributed by atoms with E-state index in [0.29, 0.717) is 12.8 Å². The second-order valence-corrected chi connectivity index (χ2v) is 2.46. The lowest BCUT2D eigenvalue weighted by molar-refractivity contribution is -0.140. The number of aromatic nitrogens is 3. The molecule has 5 nitrogen and oxygen atoms in total.